The first-order valence-electron chi connectivity index (χ1n) is 6.80. The summed E-state index contributed by atoms with van der Waals surface area (Å²) in [6, 6.07) is 4.94. The number of benzene rings is 1. The number of hydrogen-bond acceptors (Lipinski definition) is 3. The molecule has 0 radical (unpaired) electrons. The van der Waals surface area contributed by atoms with Crippen LogP contribution in [-0.2, 0) is 10.0 Å². The molecule has 0 aromatic heterocycles. The lowest BCUT2D eigenvalue weighted by molar-refractivity contribution is 0.576. The monoisotopic (exact) mass is 294 g/mol. The van der Waals surface area contributed by atoms with Gasteiger partial charge in [-0.3, -0.25) is 0 Å². The summed E-state index contributed by atoms with van der Waals surface area (Å²) in [5.74, 6) is 5.69. The van der Waals surface area contributed by atoms with Gasteiger partial charge in [-0.05, 0) is 37.1 Å². The summed E-state index contributed by atoms with van der Waals surface area (Å²) in [6.07, 6.45) is 2.94. The van der Waals surface area contributed by atoms with Crippen molar-refractivity contribution in [2.75, 3.05) is 13.1 Å². The predicted molar refractivity (Wildman–Crippen MR) is 81.8 cm³/mol. The van der Waals surface area contributed by atoms with Crippen LogP contribution in [0.15, 0.2) is 23.1 Å². The Labute approximate surface area is 121 Å². The first kappa shape index (κ1) is 16.7. The summed E-state index contributed by atoms with van der Waals surface area (Å²) in [5.41, 5.74) is 6.97. The zero-order chi connectivity index (χ0) is 15.0. The van der Waals surface area contributed by atoms with Crippen LogP contribution in [0.1, 0.15) is 37.3 Å². The lowest BCUT2D eigenvalue weighted by Gasteiger charge is -2.08. The quantitative estimate of drug-likeness (QED) is 0.620. The molecule has 0 aliphatic heterocycles. The largest absolute Gasteiger partial charge is 0.320 e. The fourth-order valence-corrected chi connectivity index (χ4v) is 2.91. The molecule has 0 amide bonds. The van der Waals surface area contributed by atoms with E-state index in [0.29, 0.717) is 13.1 Å². The molecule has 1 aromatic rings. The average molecular weight is 294 g/mol. The maximum atomic E-state index is 12.1. The molecule has 4 nitrogen and oxygen atoms in total. The molecular weight excluding hydrogens is 272 g/mol. The van der Waals surface area contributed by atoms with Crippen molar-refractivity contribution in [1.29, 1.82) is 0 Å². The van der Waals surface area contributed by atoms with Crippen LogP contribution in [0.2, 0.25) is 0 Å². The highest BCUT2D eigenvalue weighted by atomic mass is 32.2. The van der Waals surface area contributed by atoms with Crippen molar-refractivity contribution in [2.24, 2.45) is 5.73 Å². The van der Waals surface area contributed by atoms with Crippen LogP contribution in [0.5, 0.6) is 0 Å². The first-order valence-corrected chi connectivity index (χ1v) is 8.29. The van der Waals surface area contributed by atoms with Gasteiger partial charge in [0.05, 0.1) is 11.4 Å². The minimum Gasteiger partial charge on any atom is -0.320 e. The van der Waals surface area contributed by atoms with Gasteiger partial charge >= 0.3 is 0 Å². The van der Waals surface area contributed by atoms with E-state index >= 15 is 0 Å². The molecule has 0 aliphatic carbocycles. The van der Waals surface area contributed by atoms with Crippen LogP contribution in [0.4, 0.5) is 0 Å². The zero-order valence-electron chi connectivity index (χ0n) is 12.1. The summed E-state index contributed by atoms with van der Waals surface area (Å²) in [7, 11) is -3.42. The second-order valence-electron chi connectivity index (χ2n) is 4.59. The van der Waals surface area contributed by atoms with E-state index in [1.807, 2.05) is 6.92 Å². The molecule has 0 atom stereocenters. The fourth-order valence-electron chi connectivity index (χ4n) is 1.75. The molecule has 0 saturated heterocycles. The third kappa shape index (κ3) is 4.97. The molecule has 0 saturated carbocycles. The molecule has 110 valence electrons. The molecule has 0 aliphatic rings. The van der Waals surface area contributed by atoms with E-state index < -0.39 is 10.0 Å². The lowest BCUT2D eigenvalue weighted by Crippen LogP contribution is -2.24. The smallest absolute Gasteiger partial charge is 0.240 e. The second-order valence-corrected chi connectivity index (χ2v) is 6.35. The summed E-state index contributed by atoms with van der Waals surface area (Å²) >= 11 is 0. The van der Waals surface area contributed by atoms with E-state index in [2.05, 4.69) is 23.5 Å². The van der Waals surface area contributed by atoms with Crippen LogP contribution in [0, 0.1) is 18.8 Å². The maximum Gasteiger partial charge on any atom is 0.240 e. The van der Waals surface area contributed by atoms with E-state index in [1.54, 1.807) is 18.2 Å². The third-order valence-corrected chi connectivity index (χ3v) is 4.36. The van der Waals surface area contributed by atoms with Gasteiger partial charge in [-0.25, -0.2) is 13.1 Å². The Bertz CT molecular complexity index is 598. The molecule has 0 spiro atoms. The molecule has 1 aromatic carbocycles. The number of hydrogen-bond donors (Lipinski definition) is 2. The number of nitrogens with one attached hydrogen (secondary N) is 1. The average Bonchev–Trinajstić information content (AvgIpc) is 2.42. The molecule has 5 heteroatoms. The summed E-state index contributed by atoms with van der Waals surface area (Å²) in [6.45, 7) is 4.69. The fraction of sp³-hybridized carbons (Fsp3) is 0.467. The Morgan fingerprint density at radius 2 is 2.05 bits per heavy atom. The number of sulfonamides is 1. The lowest BCUT2D eigenvalue weighted by atomic mass is 10.1. The maximum absolute atomic E-state index is 12.1. The van der Waals surface area contributed by atoms with Crippen LogP contribution in [0.25, 0.3) is 0 Å². The second kappa shape index (κ2) is 8.05. The highest BCUT2D eigenvalue weighted by Crippen LogP contribution is 2.14. The third-order valence-electron chi connectivity index (χ3n) is 2.91. The van der Waals surface area contributed by atoms with Gasteiger partial charge in [0.1, 0.15) is 0 Å². The van der Waals surface area contributed by atoms with E-state index in [4.69, 9.17) is 5.73 Å². The zero-order valence-corrected chi connectivity index (χ0v) is 12.9. The molecule has 20 heavy (non-hydrogen) atoms. The van der Waals surface area contributed by atoms with E-state index in [1.165, 1.54) is 0 Å². The van der Waals surface area contributed by atoms with Crippen molar-refractivity contribution in [3.63, 3.8) is 0 Å². The van der Waals surface area contributed by atoms with Gasteiger partial charge in [0.25, 0.3) is 0 Å². The number of nitrogens with two attached hydrogens (primary N) is 1. The SMILES string of the molecule is CCCCCNS(=O)(=O)c1ccc(C#CCN)c(C)c1. The van der Waals surface area contributed by atoms with Gasteiger partial charge < -0.3 is 5.73 Å². The molecule has 1 rings (SSSR count). The van der Waals surface area contributed by atoms with Crippen molar-refractivity contribution in [1.82, 2.24) is 4.72 Å². The van der Waals surface area contributed by atoms with Crippen LogP contribution in [0.3, 0.4) is 0 Å². The number of unbranched alkanes of at least 4 members (excludes halogenated alkanes) is 2. The Kier molecular flexibility index (Phi) is 6.73. The molecule has 0 fully saturated rings. The standard InChI is InChI=1S/C15H22N2O2S/c1-3-4-5-11-17-20(18,19)15-9-8-14(7-6-10-16)13(2)12-15/h8-9,12,17H,3-5,10-11,16H2,1-2H3. The highest BCUT2D eigenvalue weighted by molar-refractivity contribution is 7.89. The van der Waals surface area contributed by atoms with Crippen LogP contribution < -0.4 is 10.5 Å². The molecule has 3 N–H and O–H groups in total. The topological polar surface area (TPSA) is 72.2 Å². The normalized spacial score (nSPS) is 10.9. The number of rotatable bonds is 6. The van der Waals surface area contributed by atoms with Gasteiger partial charge in [0.2, 0.25) is 10.0 Å². The van der Waals surface area contributed by atoms with E-state index in [-0.39, 0.29) is 4.90 Å². The summed E-state index contributed by atoms with van der Waals surface area (Å²) in [5, 5.41) is 0. The molecule has 0 bridgehead atoms. The van der Waals surface area contributed by atoms with E-state index in [0.717, 1.165) is 30.4 Å². The summed E-state index contributed by atoms with van der Waals surface area (Å²) < 4.78 is 26.8. The van der Waals surface area contributed by atoms with E-state index in [9.17, 15) is 8.42 Å². The van der Waals surface area contributed by atoms with Crippen molar-refractivity contribution in [3.05, 3.63) is 29.3 Å². The highest BCUT2D eigenvalue weighted by Gasteiger charge is 2.13. The van der Waals surface area contributed by atoms with Crippen molar-refractivity contribution in [2.45, 2.75) is 38.0 Å². The van der Waals surface area contributed by atoms with Gasteiger partial charge in [0, 0.05) is 12.1 Å². The van der Waals surface area contributed by atoms with Gasteiger partial charge in [-0.2, -0.15) is 0 Å². The Hall–Kier alpha value is -1.35. The Morgan fingerprint density at radius 1 is 1.30 bits per heavy atom. The van der Waals surface area contributed by atoms with Crippen molar-refractivity contribution >= 4 is 10.0 Å². The van der Waals surface area contributed by atoms with Crippen molar-refractivity contribution < 1.29 is 8.42 Å². The van der Waals surface area contributed by atoms with Crippen LogP contribution >= 0.6 is 0 Å². The molecule has 0 heterocycles. The van der Waals surface area contributed by atoms with Gasteiger partial charge in [-0.15, -0.1) is 0 Å². The van der Waals surface area contributed by atoms with Crippen molar-refractivity contribution in [3.8, 4) is 11.8 Å². The predicted octanol–water partition coefficient (Wildman–Crippen LogP) is 1.77. The van der Waals surface area contributed by atoms with Gasteiger partial charge in [0.15, 0.2) is 0 Å². The van der Waals surface area contributed by atoms with Crippen LogP contribution in [-0.4, -0.2) is 21.5 Å². The minimum absolute atomic E-state index is 0.282. The Balaban J connectivity index is 2.83. The molecule has 0 unspecified atom stereocenters. The minimum atomic E-state index is -3.42. The van der Waals surface area contributed by atoms with Gasteiger partial charge in [-0.1, -0.05) is 31.6 Å². The first-order chi connectivity index (χ1) is 9.51. The Morgan fingerprint density at radius 3 is 2.65 bits per heavy atom. The number of aryl methyl sites for hydroxylation is 1. The molecular formula is C15H22N2O2S. The summed E-state index contributed by atoms with van der Waals surface area (Å²) in [4.78, 5) is 0.282.